The molecule has 60 valence electrons. The first kappa shape index (κ1) is 9.92. The fraction of sp³-hybridized carbons (Fsp3) is 0.857. The summed E-state index contributed by atoms with van der Waals surface area (Å²) in [6.45, 7) is 2.17. The zero-order valence-corrected chi connectivity index (χ0v) is 6.82. The average Bonchev–Trinajstić information content (AvgIpc) is 1.91. The predicted molar refractivity (Wildman–Crippen MR) is 43.5 cm³/mol. The number of piperidine rings is 1. The van der Waals surface area contributed by atoms with Crippen molar-refractivity contribution in [2.24, 2.45) is 5.92 Å². The second kappa shape index (κ2) is 5.69. The molecule has 3 heteroatoms. The van der Waals surface area contributed by atoms with Crippen molar-refractivity contribution >= 4 is 18.7 Å². The van der Waals surface area contributed by atoms with E-state index < -0.39 is 0 Å². The SMILES string of the molecule is Cl.O=CCC1CCCNC1. The van der Waals surface area contributed by atoms with Gasteiger partial charge < -0.3 is 10.1 Å². The summed E-state index contributed by atoms with van der Waals surface area (Å²) in [5, 5.41) is 3.26. The third-order valence-corrected chi connectivity index (χ3v) is 1.83. The number of carbonyl (C=O) groups is 1. The van der Waals surface area contributed by atoms with E-state index in [1.54, 1.807) is 0 Å². The fourth-order valence-electron chi connectivity index (χ4n) is 1.26. The Bertz CT molecular complexity index is 91.6. The number of hydrogen-bond acceptors (Lipinski definition) is 2. The van der Waals surface area contributed by atoms with Gasteiger partial charge in [0.1, 0.15) is 6.29 Å². The lowest BCUT2D eigenvalue weighted by atomic mass is 9.97. The van der Waals surface area contributed by atoms with E-state index in [2.05, 4.69) is 5.32 Å². The highest BCUT2D eigenvalue weighted by Crippen LogP contribution is 2.11. The van der Waals surface area contributed by atoms with E-state index >= 15 is 0 Å². The number of carbonyl (C=O) groups excluding carboxylic acids is 1. The molecule has 1 N–H and O–H groups in total. The zero-order chi connectivity index (χ0) is 6.53. The monoisotopic (exact) mass is 163 g/mol. The molecule has 0 aromatic rings. The molecule has 0 aromatic carbocycles. The highest BCUT2D eigenvalue weighted by molar-refractivity contribution is 5.85. The van der Waals surface area contributed by atoms with E-state index in [0.29, 0.717) is 5.92 Å². The predicted octanol–water partition coefficient (Wildman–Crippen LogP) is 0.997. The largest absolute Gasteiger partial charge is 0.316 e. The smallest absolute Gasteiger partial charge is 0.120 e. The summed E-state index contributed by atoms with van der Waals surface area (Å²) >= 11 is 0. The molecule has 0 saturated carbocycles. The number of nitrogens with one attached hydrogen (secondary N) is 1. The van der Waals surface area contributed by atoms with Gasteiger partial charge >= 0.3 is 0 Å². The van der Waals surface area contributed by atoms with Gasteiger partial charge in [-0.1, -0.05) is 0 Å². The van der Waals surface area contributed by atoms with Crippen LogP contribution in [-0.2, 0) is 4.79 Å². The molecule has 1 fully saturated rings. The molecule has 0 aromatic heterocycles. The molecule has 0 spiro atoms. The van der Waals surface area contributed by atoms with Crippen molar-refractivity contribution < 1.29 is 4.79 Å². The summed E-state index contributed by atoms with van der Waals surface area (Å²) in [5.41, 5.74) is 0. The van der Waals surface area contributed by atoms with Crippen LogP contribution in [0.2, 0.25) is 0 Å². The Morgan fingerprint density at radius 3 is 2.90 bits per heavy atom. The van der Waals surface area contributed by atoms with Crippen molar-refractivity contribution in [3.63, 3.8) is 0 Å². The van der Waals surface area contributed by atoms with E-state index in [0.717, 1.165) is 25.8 Å². The Balaban J connectivity index is 0.000000810. The molecule has 0 radical (unpaired) electrons. The van der Waals surface area contributed by atoms with Crippen LogP contribution in [0.3, 0.4) is 0 Å². The van der Waals surface area contributed by atoms with Crippen LogP contribution in [0.15, 0.2) is 0 Å². The maximum atomic E-state index is 10.0. The maximum absolute atomic E-state index is 10.0. The molecule has 0 amide bonds. The van der Waals surface area contributed by atoms with Gasteiger partial charge in [0, 0.05) is 6.42 Å². The van der Waals surface area contributed by atoms with Crippen molar-refractivity contribution in [2.75, 3.05) is 13.1 Å². The van der Waals surface area contributed by atoms with Crippen molar-refractivity contribution in [2.45, 2.75) is 19.3 Å². The van der Waals surface area contributed by atoms with E-state index in [4.69, 9.17) is 0 Å². The second-order valence-electron chi connectivity index (χ2n) is 2.61. The van der Waals surface area contributed by atoms with Gasteiger partial charge in [0.25, 0.3) is 0 Å². The minimum Gasteiger partial charge on any atom is -0.316 e. The topological polar surface area (TPSA) is 29.1 Å². The molecule has 2 nitrogen and oxygen atoms in total. The minimum atomic E-state index is 0. The molecule has 1 aliphatic heterocycles. The summed E-state index contributed by atoms with van der Waals surface area (Å²) < 4.78 is 0. The molecule has 0 aliphatic carbocycles. The average molecular weight is 164 g/mol. The minimum absolute atomic E-state index is 0. The van der Waals surface area contributed by atoms with Crippen LogP contribution in [-0.4, -0.2) is 19.4 Å². The number of hydrogen-bond donors (Lipinski definition) is 1. The second-order valence-corrected chi connectivity index (χ2v) is 2.61. The van der Waals surface area contributed by atoms with Crippen LogP contribution in [0.4, 0.5) is 0 Å². The Morgan fingerprint density at radius 2 is 2.40 bits per heavy atom. The van der Waals surface area contributed by atoms with Gasteiger partial charge in [-0.2, -0.15) is 0 Å². The first-order valence-corrected chi connectivity index (χ1v) is 3.58. The van der Waals surface area contributed by atoms with Crippen LogP contribution in [0.1, 0.15) is 19.3 Å². The van der Waals surface area contributed by atoms with Crippen molar-refractivity contribution in [1.82, 2.24) is 5.32 Å². The van der Waals surface area contributed by atoms with E-state index in [1.165, 1.54) is 12.8 Å². The molecule has 1 unspecified atom stereocenters. The molecule has 1 rings (SSSR count). The van der Waals surface area contributed by atoms with Crippen LogP contribution >= 0.6 is 12.4 Å². The van der Waals surface area contributed by atoms with Crippen LogP contribution < -0.4 is 5.32 Å². The molecular formula is C7H14ClNO. The van der Waals surface area contributed by atoms with Gasteiger partial charge in [-0.05, 0) is 31.8 Å². The maximum Gasteiger partial charge on any atom is 0.120 e. The first-order valence-electron chi connectivity index (χ1n) is 3.58. The lowest BCUT2D eigenvalue weighted by Crippen LogP contribution is -2.29. The van der Waals surface area contributed by atoms with Crippen molar-refractivity contribution in [3.05, 3.63) is 0 Å². The quantitative estimate of drug-likeness (QED) is 0.616. The summed E-state index contributed by atoms with van der Waals surface area (Å²) in [6.07, 6.45) is 4.23. The molecule has 0 bridgehead atoms. The lowest BCUT2D eigenvalue weighted by Gasteiger charge is -2.19. The highest BCUT2D eigenvalue weighted by atomic mass is 35.5. The van der Waals surface area contributed by atoms with E-state index in [9.17, 15) is 4.79 Å². The van der Waals surface area contributed by atoms with Crippen molar-refractivity contribution in [1.29, 1.82) is 0 Å². The van der Waals surface area contributed by atoms with Gasteiger partial charge in [-0.3, -0.25) is 0 Å². The fourth-order valence-corrected chi connectivity index (χ4v) is 1.26. The van der Waals surface area contributed by atoms with Gasteiger partial charge in [-0.25, -0.2) is 0 Å². The normalized spacial score (nSPS) is 25.0. The lowest BCUT2D eigenvalue weighted by molar-refractivity contribution is -0.108. The third kappa shape index (κ3) is 3.18. The highest BCUT2D eigenvalue weighted by Gasteiger charge is 2.10. The van der Waals surface area contributed by atoms with Crippen LogP contribution in [0.5, 0.6) is 0 Å². The third-order valence-electron chi connectivity index (χ3n) is 1.83. The number of halogens is 1. The Labute approximate surface area is 67.8 Å². The first-order chi connectivity index (χ1) is 4.43. The van der Waals surface area contributed by atoms with Gasteiger partial charge in [0.2, 0.25) is 0 Å². The summed E-state index contributed by atoms with van der Waals surface area (Å²) in [7, 11) is 0. The van der Waals surface area contributed by atoms with E-state index in [1.807, 2.05) is 0 Å². The zero-order valence-electron chi connectivity index (χ0n) is 6.01. The number of aldehydes is 1. The van der Waals surface area contributed by atoms with Gasteiger partial charge in [0.15, 0.2) is 0 Å². The number of rotatable bonds is 2. The van der Waals surface area contributed by atoms with Crippen LogP contribution in [0, 0.1) is 5.92 Å². The molecule has 1 atom stereocenters. The van der Waals surface area contributed by atoms with Crippen molar-refractivity contribution in [3.8, 4) is 0 Å². The summed E-state index contributed by atoms with van der Waals surface area (Å²) in [6, 6.07) is 0. The summed E-state index contributed by atoms with van der Waals surface area (Å²) in [4.78, 5) is 10.0. The van der Waals surface area contributed by atoms with Crippen LogP contribution in [0.25, 0.3) is 0 Å². The standard InChI is InChI=1S/C7H13NO.ClH/c9-5-3-7-2-1-4-8-6-7;/h5,7-8H,1-4,6H2;1H. The Morgan fingerprint density at radius 1 is 1.60 bits per heavy atom. The summed E-state index contributed by atoms with van der Waals surface area (Å²) in [5.74, 6) is 0.622. The Kier molecular flexibility index (Phi) is 5.64. The van der Waals surface area contributed by atoms with Gasteiger partial charge in [0.05, 0.1) is 0 Å². The van der Waals surface area contributed by atoms with Gasteiger partial charge in [-0.15, -0.1) is 12.4 Å². The molecule has 1 saturated heterocycles. The molecule has 1 aliphatic rings. The molecule has 10 heavy (non-hydrogen) atoms. The van der Waals surface area contributed by atoms with E-state index in [-0.39, 0.29) is 12.4 Å². The molecular weight excluding hydrogens is 150 g/mol. The Hall–Kier alpha value is -0.0800. The molecule has 1 heterocycles.